The highest BCUT2D eigenvalue weighted by molar-refractivity contribution is 7.93. The van der Waals surface area contributed by atoms with E-state index in [1.54, 1.807) is 38.4 Å². The molecular formula is C36H43ClFN3O7S. The normalized spacial score (nSPS) is 20.7. The van der Waals surface area contributed by atoms with Crippen LogP contribution in [0.25, 0.3) is 0 Å². The molecule has 0 aliphatic carbocycles. The van der Waals surface area contributed by atoms with Crippen molar-refractivity contribution in [3.05, 3.63) is 76.8 Å². The van der Waals surface area contributed by atoms with E-state index in [4.69, 9.17) is 25.8 Å². The number of halogens is 2. The van der Waals surface area contributed by atoms with E-state index in [0.717, 1.165) is 23.6 Å². The highest BCUT2D eigenvalue weighted by Gasteiger charge is 2.64. The Bertz CT molecular complexity index is 1810. The smallest absolute Gasteiger partial charge is 0.274 e. The summed E-state index contributed by atoms with van der Waals surface area (Å²) in [6.07, 6.45) is 1.53. The van der Waals surface area contributed by atoms with Crippen LogP contribution in [0.4, 0.5) is 10.1 Å². The third-order valence-corrected chi connectivity index (χ3v) is 10.9. The molecule has 3 aromatic rings. The zero-order valence-electron chi connectivity index (χ0n) is 28.4. The van der Waals surface area contributed by atoms with Crippen LogP contribution in [-0.4, -0.2) is 83.2 Å². The van der Waals surface area contributed by atoms with Crippen molar-refractivity contribution in [1.29, 1.82) is 0 Å². The number of anilines is 1. The number of hydrogen-bond donors (Lipinski definition) is 0. The average Bonchev–Trinajstić information content (AvgIpc) is 3.59. The molecule has 5 rings (SSSR count). The molecular weight excluding hydrogens is 673 g/mol. The number of carbonyl (C=O) groups is 2. The van der Waals surface area contributed by atoms with Gasteiger partial charge in [0.1, 0.15) is 28.3 Å². The van der Waals surface area contributed by atoms with Gasteiger partial charge in [-0.25, -0.2) is 17.1 Å². The van der Waals surface area contributed by atoms with E-state index in [0.29, 0.717) is 18.8 Å². The fourth-order valence-electron chi connectivity index (χ4n) is 6.57. The van der Waals surface area contributed by atoms with Crippen LogP contribution in [-0.2, 0) is 25.2 Å². The first-order chi connectivity index (χ1) is 23.4. The quantitative estimate of drug-likeness (QED) is 0.182. The molecule has 2 heterocycles. The number of likely N-dealkylation sites (tertiary alicyclic amines) is 1. The van der Waals surface area contributed by atoms with Gasteiger partial charge in [-0.2, -0.15) is 0 Å². The molecule has 0 N–H and O–H groups in total. The standard InChI is InChI=1S/C36H43ClFN3O7S/c1-6-8-18-47-26-15-17-33(32(22-26)48-19-9-7-2)49(44,45)41-29-16-14-24(37)20-28(29)36(35(41)43,27-12-10-11-13-31(27)46-5)40-23-25(38)21-30(40)34(42)39(3)4/h10-17,20,22,25,30H,6-9,18-19,21,23H2,1-5H3/t25-,30+,36?/m1/s1. The van der Waals surface area contributed by atoms with Gasteiger partial charge in [0.2, 0.25) is 5.91 Å². The number of nitrogens with zero attached hydrogens (tertiary/aromatic N) is 3. The van der Waals surface area contributed by atoms with Gasteiger partial charge in [-0.15, -0.1) is 0 Å². The van der Waals surface area contributed by atoms with Gasteiger partial charge < -0.3 is 19.1 Å². The Hall–Kier alpha value is -3.87. The van der Waals surface area contributed by atoms with Crippen LogP contribution in [0.2, 0.25) is 5.02 Å². The second-order valence-electron chi connectivity index (χ2n) is 12.4. The van der Waals surface area contributed by atoms with Crippen LogP contribution in [0, 0.1) is 0 Å². The van der Waals surface area contributed by atoms with Crippen molar-refractivity contribution in [1.82, 2.24) is 9.80 Å². The van der Waals surface area contributed by atoms with E-state index >= 15 is 9.18 Å². The Morgan fingerprint density at radius 2 is 1.67 bits per heavy atom. The summed E-state index contributed by atoms with van der Waals surface area (Å²) in [6.45, 7) is 4.37. The molecule has 2 amide bonds. The van der Waals surface area contributed by atoms with Crippen molar-refractivity contribution in [2.24, 2.45) is 0 Å². The van der Waals surface area contributed by atoms with Gasteiger partial charge in [-0.1, -0.05) is 56.5 Å². The Kier molecular flexibility index (Phi) is 11.1. The lowest BCUT2D eigenvalue weighted by atomic mass is 9.80. The van der Waals surface area contributed by atoms with Crippen molar-refractivity contribution in [2.45, 2.75) is 68.6 Å². The number of benzene rings is 3. The molecule has 10 nitrogen and oxygen atoms in total. The van der Waals surface area contributed by atoms with Crippen molar-refractivity contribution in [2.75, 3.05) is 45.3 Å². The lowest BCUT2D eigenvalue weighted by molar-refractivity contribution is -0.138. The van der Waals surface area contributed by atoms with Crippen molar-refractivity contribution in [3.63, 3.8) is 0 Å². The Labute approximate surface area is 292 Å². The molecule has 1 saturated heterocycles. The zero-order valence-corrected chi connectivity index (χ0v) is 30.0. The summed E-state index contributed by atoms with van der Waals surface area (Å²) in [7, 11) is -0.189. The minimum atomic E-state index is -4.72. The van der Waals surface area contributed by atoms with Crippen LogP contribution in [0.15, 0.2) is 65.6 Å². The van der Waals surface area contributed by atoms with Gasteiger partial charge in [0.25, 0.3) is 15.9 Å². The molecule has 1 unspecified atom stereocenters. The molecule has 13 heteroatoms. The molecule has 2 aliphatic rings. The summed E-state index contributed by atoms with van der Waals surface area (Å²) >= 11 is 6.58. The van der Waals surface area contributed by atoms with Crippen molar-refractivity contribution in [3.8, 4) is 17.2 Å². The first-order valence-corrected chi connectivity index (χ1v) is 18.3. The Balaban J connectivity index is 1.77. The minimum Gasteiger partial charge on any atom is -0.496 e. The van der Waals surface area contributed by atoms with Gasteiger partial charge in [0.15, 0.2) is 5.54 Å². The number of sulfonamides is 1. The van der Waals surface area contributed by atoms with E-state index in [2.05, 4.69) is 0 Å². The van der Waals surface area contributed by atoms with Crippen LogP contribution in [0.1, 0.15) is 57.1 Å². The maximum absolute atomic E-state index is 15.6. The number of para-hydroxylation sites is 1. The number of ether oxygens (including phenoxy) is 3. The number of methoxy groups -OCH3 is 1. The van der Waals surface area contributed by atoms with Gasteiger partial charge in [0.05, 0.1) is 32.1 Å². The molecule has 2 aliphatic heterocycles. The summed E-state index contributed by atoms with van der Waals surface area (Å²) in [5.41, 5.74) is -1.59. The van der Waals surface area contributed by atoms with E-state index in [-0.39, 0.29) is 57.8 Å². The number of likely N-dealkylation sites (N-methyl/N-ethyl adjacent to an activating group) is 1. The van der Waals surface area contributed by atoms with Crippen LogP contribution < -0.4 is 18.5 Å². The largest absolute Gasteiger partial charge is 0.496 e. The second-order valence-corrected chi connectivity index (χ2v) is 14.6. The van der Waals surface area contributed by atoms with Crippen molar-refractivity contribution < 1.29 is 36.6 Å². The fourth-order valence-corrected chi connectivity index (χ4v) is 8.32. The van der Waals surface area contributed by atoms with E-state index in [1.165, 1.54) is 53.3 Å². The monoisotopic (exact) mass is 715 g/mol. The number of hydrogen-bond acceptors (Lipinski definition) is 8. The third-order valence-electron chi connectivity index (χ3n) is 8.92. The molecule has 0 radical (unpaired) electrons. The summed E-state index contributed by atoms with van der Waals surface area (Å²) in [4.78, 5) is 31.6. The number of rotatable bonds is 14. The zero-order chi connectivity index (χ0) is 35.5. The molecule has 3 atom stereocenters. The molecule has 0 spiro atoms. The summed E-state index contributed by atoms with van der Waals surface area (Å²) in [6, 6.07) is 14.4. The lowest BCUT2D eigenvalue weighted by Crippen LogP contribution is -2.59. The SMILES string of the molecule is CCCCOc1ccc(S(=O)(=O)N2C(=O)C(c3ccccc3OC)(N3C[C@H](F)C[C@H]3C(=O)N(C)C)c3cc(Cl)ccc32)c(OCCCC)c1. The van der Waals surface area contributed by atoms with Crippen LogP contribution >= 0.6 is 11.6 Å². The van der Waals surface area contributed by atoms with Gasteiger partial charge in [-0.05, 0) is 49.2 Å². The number of unbranched alkanes of at least 4 members (excludes halogenated alkanes) is 2. The summed E-state index contributed by atoms with van der Waals surface area (Å²) in [5, 5.41) is 0.216. The maximum atomic E-state index is 15.6. The lowest BCUT2D eigenvalue weighted by Gasteiger charge is -2.42. The molecule has 1 fully saturated rings. The average molecular weight is 716 g/mol. The van der Waals surface area contributed by atoms with Crippen LogP contribution in [0.3, 0.4) is 0 Å². The first kappa shape index (κ1) is 36.4. The fraction of sp³-hybridized carbons (Fsp3) is 0.444. The topological polar surface area (TPSA) is 106 Å². The predicted molar refractivity (Wildman–Crippen MR) is 186 cm³/mol. The van der Waals surface area contributed by atoms with E-state index < -0.39 is 39.6 Å². The van der Waals surface area contributed by atoms with Gasteiger partial charge in [-0.3, -0.25) is 14.5 Å². The third kappa shape index (κ3) is 6.58. The molecule has 264 valence electrons. The van der Waals surface area contributed by atoms with Crippen LogP contribution in [0.5, 0.6) is 17.2 Å². The second kappa shape index (κ2) is 14.9. The minimum absolute atomic E-state index is 0.0152. The summed E-state index contributed by atoms with van der Waals surface area (Å²) in [5.74, 6) is -0.652. The molecule has 0 saturated carbocycles. The predicted octanol–water partition coefficient (Wildman–Crippen LogP) is 6.19. The Morgan fingerprint density at radius 3 is 2.35 bits per heavy atom. The summed E-state index contributed by atoms with van der Waals surface area (Å²) < 4.78 is 63.8. The Morgan fingerprint density at radius 1 is 0.980 bits per heavy atom. The van der Waals surface area contributed by atoms with E-state index in [9.17, 15) is 13.2 Å². The highest BCUT2D eigenvalue weighted by Crippen LogP contribution is 2.55. The molecule has 0 aromatic heterocycles. The van der Waals surface area contributed by atoms with E-state index in [1.807, 2.05) is 13.8 Å². The number of carbonyl (C=O) groups excluding carboxylic acids is 2. The molecule has 3 aromatic carbocycles. The maximum Gasteiger partial charge on any atom is 0.274 e. The van der Waals surface area contributed by atoms with Crippen molar-refractivity contribution >= 4 is 39.1 Å². The highest BCUT2D eigenvalue weighted by atomic mass is 35.5. The van der Waals surface area contributed by atoms with Gasteiger partial charge in [0, 0.05) is 49.3 Å². The number of fused-ring (bicyclic) bond motifs is 1. The first-order valence-electron chi connectivity index (χ1n) is 16.5. The number of alkyl halides is 1. The molecule has 0 bridgehead atoms. The molecule has 49 heavy (non-hydrogen) atoms. The number of amides is 2. The van der Waals surface area contributed by atoms with Gasteiger partial charge >= 0.3 is 0 Å².